The van der Waals surface area contributed by atoms with E-state index in [9.17, 15) is 9.90 Å². The van der Waals surface area contributed by atoms with E-state index in [1.807, 2.05) is 0 Å². The lowest BCUT2D eigenvalue weighted by atomic mass is 10.1. The van der Waals surface area contributed by atoms with Crippen LogP contribution in [-0.4, -0.2) is 23.8 Å². The number of hydrogen-bond donors (Lipinski definition) is 1. The van der Waals surface area contributed by atoms with Gasteiger partial charge in [-0.25, -0.2) is 4.79 Å². The van der Waals surface area contributed by atoms with Crippen molar-refractivity contribution in [1.29, 1.82) is 0 Å². The molecule has 0 aliphatic carbocycles. The van der Waals surface area contributed by atoms with Crippen LogP contribution >= 0.6 is 0 Å². The fourth-order valence-corrected chi connectivity index (χ4v) is 1.72. The predicted molar refractivity (Wildman–Crippen MR) is 74.4 cm³/mol. The molecule has 0 aliphatic rings. The third-order valence-corrected chi connectivity index (χ3v) is 2.90. The molecule has 0 bridgehead atoms. The fourth-order valence-electron chi connectivity index (χ4n) is 1.72. The molecular formula is C15H28O3. The molecule has 0 aromatic rings. The van der Waals surface area contributed by atoms with E-state index < -0.39 is 12.1 Å². The van der Waals surface area contributed by atoms with Crippen LogP contribution in [0.15, 0.2) is 12.2 Å². The largest absolute Gasteiger partial charge is 0.460 e. The number of unbranched alkanes of at least 4 members (excludes halogenated alkanes) is 6. The van der Waals surface area contributed by atoms with Crippen molar-refractivity contribution in [2.75, 3.05) is 6.61 Å². The fraction of sp³-hybridized carbons (Fsp3) is 0.800. The van der Waals surface area contributed by atoms with Gasteiger partial charge in [0.1, 0.15) is 6.61 Å². The van der Waals surface area contributed by atoms with Crippen LogP contribution in [0.2, 0.25) is 0 Å². The summed E-state index contributed by atoms with van der Waals surface area (Å²) < 4.78 is 4.89. The number of hydrogen-bond acceptors (Lipinski definition) is 3. The van der Waals surface area contributed by atoms with Crippen LogP contribution in [-0.2, 0) is 9.53 Å². The maximum Gasteiger partial charge on any atom is 0.333 e. The summed E-state index contributed by atoms with van der Waals surface area (Å²) in [7, 11) is 0. The van der Waals surface area contributed by atoms with Crippen LogP contribution in [0.3, 0.4) is 0 Å². The van der Waals surface area contributed by atoms with Gasteiger partial charge in [0.25, 0.3) is 0 Å². The van der Waals surface area contributed by atoms with Crippen molar-refractivity contribution in [3.8, 4) is 0 Å². The lowest BCUT2D eigenvalue weighted by molar-refractivity contribution is -0.142. The number of esters is 1. The van der Waals surface area contributed by atoms with Crippen LogP contribution in [0, 0.1) is 0 Å². The molecular weight excluding hydrogens is 228 g/mol. The van der Waals surface area contributed by atoms with Gasteiger partial charge in [-0.15, -0.1) is 0 Å². The topological polar surface area (TPSA) is 46.5 Å². The van der Waals surface area contributed by atoms with E-state index in [1.165, 1.54) is 32.1 Å². The second-order valence-corrected chi connectivity index (χ2v) is 4.94. The number of carbonyl (C=O) groups excluding carboxylic acids is 1. The van der Waals surface area contributed by atoms with Gasteiger partial charge in [0, 0.05) is 5.57 Å². The van der Waals surface area contributed by atoms with Gasteiger partial charge in [-0.05, 0) is 13.3 Å². The number of aliphatic hydroxyl groups excluding tert-OH is 1. The van der Waals surface area contributed by atoms with Gasteiger partial charge in [0.05, 0.1) is 6.10 Å². The summed E-state index contributed by atoms with van der Waals surface area (Å²) in [6.07, 6.45) is 8.74. The van der Waals surface area contributed by atoms with Crippen molar-refractivity contribution in [3.63, 3.8) is 0 Å². The Morgan fingerprint density at radius 3 is 2.28 bits per heavy atom. The zero-order valence-electron chi connectivity index (χ0n) is 11.9. The van der Waals surface area contributed by atoms with E-state index in [2.05, 4.69) is 13.5 Å². The summed E-state index contributed by atoms with van der Waals surface area (Å²) in [5.74, 6) is -0.423. The maximum atomic E-state index is 11.1. The standard InChI is InChI=1S/C15H28O3/c1-4-5-6-7-8-9-10-11-14(16)12-18-15(17)13(2)3/h14,16H,2,4-12H2,1,3H3. The zero-order valence-corrected chi connectivity index (χ0v) is 11.9. The van der Waals surface area contributed by atoms with Gasteiger partial charge in [-0.2, -0.15) is 0 Å². The van der Waals surface area contributed by atoms with Gasteiger partial charge in [0.15, 0.2) is 0 Å². The van der Waals surface area contributed by atoms with E-state index >= 15 is 0 Å². The molecule has 106 valence electrons. The summed E-state index contributed by atoms with van der Waals surface area (Å²) in [5.41, 5.74) is 0.373. The molecule has 0 saturated carbocycles. The summed E-state index contributed by atoms with van der Waals surface area (Å²) in [4.78, 5) is 11.1. The zero-order chi connectivity index (χ0) is 13.8. The minimum Gasteiger partial charge on any atom is -0.460 e. The molecule has 0 amide bonds. The van der Waals surface area contributed by atoms with Crippen molar-refractivity contribution in [3.05, 3.63) is 12.2 Å². The molecule has 1 unspecified atom stereocenters. The normalized spacial score (nSPS) is 12.2. The number of carbonyl (C=O) groups is 1. The van der Waals surface area contributed by atoms with Crippen molar-refractivity contribution < 1.29 is 14.6 Å². The second-order valence-electron chi connectivity index (χ2n) is 4.94. The van der Waals surface area contributed by atoms with Gasteiger partial charge in [-0.1, -0.05) is 58.4 Å². The van der Waals surface area contributed by atoms with Gasteiger partial charge in [0.2, 0.25) is 0 Å². The molecule has 3 nitrogen and oxygen atoms in total. The average molecular weight is 256 g/mol. The summed E-state index contributed by atoms with van der Waals surface area (Å²) in [5, 5.41) is 9.61. The molecule has 0 fully saturated rings. The first-order chi connectivity index (χ1) is 8.57. The van der Waals surface area contributed by atoms with Crippen LogP contribution in [0.25, 0.3) is 0 Å². The lowest BCUT2D eigenvalue weighted by Crippen LogP contribution is -2.18. The molecule has 18 heavy (non-hydrogen) atoms. The molecule has 1 atom stereocenters. The smallest absolute Gasteiger partial charge is 0.333 e. The predicted octanol–water partition coefficient (Wildman–Crippen LogP) is 3.61. The molecule has 0 spiro atoms. The molecule has 0 rings (SSSR count). The average Bonchev–Trinajstić information content (AvgIpc) is 2.34. The SMILES string of the molecule is C=C(C)C(=O)OCC(O)CCCCCCCCC. The molecule has 0 radical (unpaired) electrons. The number of aliphatic hydroxyl groups is 1. The first-order valence-electron chi connectivity index (χ1n) is 7.08. The Hall–Kier alpha value is -0.830. The molecule has 1 N–H and O–H groups in total. The number of rotatable bonds is 11. The summed E-state index contributed by atoms with van der Waals surface area (Å²) in [6.45, 7) is 7.39. The molecule has 0 heterocycles. The summed E-state index contributed by atoms with van der Waals surface area (Å²) >= 11 is 0. The molecule has 0 aromatic heterocycles. The Morgan fingerprint density at radius 1 is 1.17 bits per heavy atom. The third kappa shape index (κ3) is 10.3. The Labute approximate surface area is 111 Å². The van der Waals surface area contributed by atoms with Crippen LogP contribution in [0.1, 0.15) is 65.2 Å². The van der Waals surface area contributed by atoms with E-state index in [0.717, 1.165) is 12.8 Å². The van der Waals surface area contributed by atoms with E-state index in [0.29, 0.717) is 12.0 Å². The van der Waals surface area contributed by atoms with E-state index in [-0.39, 0.29) is 6.61 Å². The van der Waals surface area contributed by atoms with Crippen LogP contribution in [0.4, 0.5) is 0 Å². The quantitative estimate of drug-likeness (QED) is 0.349. The highest BCUT2D eigenvalue weighted by Gasteiger charge is 2.08. The highest BCUT2D eigenvalue weighted by atomic mass is 16.5. The van der Waals surface area contributed by atoms with E-state index in [4.69, 9.17) is 4.74 Å². The van der Waals surface area contributed by atoms with Crippen LogP contribution < -0.4 is 0 Å². The maximum absolute atomic E-state index is 11.1. The Morgan fingerprint density at radius 2 is 1.72 bits per heavy atom. The van der Waals surface area contributed by atoms with Crippen molar-refractivity contribution in [1.82, 2.24) is 0 Å². The van der Waals surface area contributed by atoms with Gasteiger partial charge >= 0.3 is 5.97 Å². The highest BCUT2D eigenvalue weighted by Crippen LogP contribution is 2.10. The molecule has 3 heteroatoms. The molecule has 0 saturated heterocycles. The highest BCUT2D eigenvalue weighted by molar-refractivity contribution is 5.86. The first kappa shape index (κ1) is 17.2. The van der Waals surface area contributed by atoms with Gasteiger partial charge in [-0.3, -0.25) is 0 Å². The van der Waals surface area contributed by atoms with Gasteiger partial charge < -0.3 is 9.84 Å². The number of ether oxygens (including phenoxy) is 1. The Balaban J connectivity index is 3.34. The van der Waals surface area contributed by atoms with Crippen molar-refractivity contribution in [2.24, 2.45) is 0 Å². The minimum atomic E-state index is -0.538. The lowest BCUT2D eigenvalue weighted by Gasteiger charge is -2.11. The third-order valence-electron chi connectivity index (χ3n) is 2.90. The first-order valence-corrected chi connectivity index (χ1v) is 7.08. The monoisotopic (exact) mass is 256 g/mol. The van der Waals surface area contributed by atoms with Crippen LogP contribution in [0.5, 0.6) is 0 Å². The second kappa shape index (κ2) is 11.3. The van der Waals surface area contributed by atoms with E-state index in [1.54, 1.807) is 6.92 Å². The molecule has 0 aliphatic heterocycles. The van der Waals surface area contributed by atoms with Crippen molar-refractivity contribution >= 4 is 5.97 Å². The van der Waals surface area contributed by atoms with Crippen molar-refractivity contribution in [2.45, 2.75) is 71.3 Å². The Bertz CT molecular complexity index is 236. The minimum absolute atomic E-state index is 0.0848. The Kier molecular flexibility index (Phi) is 10.8. The summed E-state index contributed by atoms with van der Waals surface area (Å²) in [6, 6.07) is 0. The molecule has 0 aromatic carbocycles.